The topological polar surface area (TPSA) is 62.6 Å². The molecule has 1 N–H and O–H groups in total. The van der Waals surface area contributed by atoms with Crippen molar-refractivity contribution in [2.45, 2.75) is 38.3 Å². The molecule has 2 aliphatic rings. The Morgan fingerprint density at radius 3 is 3.04 bits per heavy atom. The smallest absolute Gasteiger partial charge is 0.274 e. The van der Waals surface area contributed by atoms with Gasteiger partial charge in [0.1, 0.15) is 5.69 Å². The van der Waals surface area contributed by atoms with E-state index in [0.29, 0.717) is 17.8 Å². The van der Waals surface area contributed by atoms with E-state index in [0.717, 1.165) is 65.1 Å². The van der Waals surface area contributed by atoms with Crippen molar-refractivity contribution < 1.29 is 9.53 Å². The molecule has 0 spiro atoms. The average molecular weight is 349 g/mol. The summed E-state index contributed by atoms with van der Waals surface area (Å²) >= 11 is 0. The minimum atomic E-state index is 0.0624. The van der Waals surface area contributed by atoms with Crippen LogP contribution in [0.25, 0.3) is 0 Å². The summed E-state index contributed by atoms with van der Waals surface area (Å²) in [5, 5.41) is 7.98. The Kier molecular flexibility index (Phi) is 6.45. The summed E-state index contributed by atoms with van der Waals surface area (Å²) < 4.78 is 7.17. The van der Waals surface area contributed by atoms with E-state index in [9.17, 15) is 4.79 Å². The molecule has 2 saturated heterocycles. The number of carbonyl (C=O) groups is 1. The predicted molar refractivity (Wildman–Crippen MR) is 96.8 cm³/mol. The number of methoxy groups -OCH3 is 1. The van der Waals surface area contributed by atoms with Crippen LogP contribution in [0.1, 0.15) is 42.7 Å². The summed E-state index contributed by atoms with van der Waals surface area (Å²) in [7, 11) is 1.74. The van der Waals surface area contributed by atoms with Crippen LogP contribution >= 0.6 is 0 Å². The molecule has 2 aliphatic heterocycles. The number of carbonyl (C=O) groups excluding carboxylic acids is 1. The van der Waals surface area contributed by atoms with E-state index < -0.39 is 0 Å². The van der Waals surface area contributed by atoms with Gasteiger partial charge in [0.25, 0.3) is 5.91 Å². The SMILES string of the molecule is CCC1CN(C(=O)c2ccn(C3CCCNC3)n2)CCN1CCOC. The first kappa shape index (κ1) is 18.4. The first-order valence-corrected chi connectivity index (χ1v) is 9.51. The lowest BCUT2D eigenvalue weighted by atomic mass is 10.1. The molecule has 3 rings (SSSR count). The molecule has 0 aromatic carbocycles. The molecule has 1 amide bonds. The van der Waals surface area contributed by atoms with E-state index in [1.165, 1.54) is 0 Å². The number of piperazine rings is 1. The van der Waals surface area contributed by atoms with Crippen molar-refractivity contribution in [1.82, 2.24) is 24.9 Å². The van der Waals surface area contributed by atoms with Gasteiger partial charge in [-0.1, -0.05) is 6.92 Å². The predicted octanol–water partition coefficient (Wildman–Crippen LogP) is 0.990. The highest BCUT2D eigenvalue weighted by atomic mass is 16.5. The maximum atomic E-state index is 12.9. The number of piperidine rings is 1. The zero-order chi connectivity index (χ0) is 17.6. The van der Waals surface area contributed by atoms with Crippen LogP contribution in [0, 0.1) is 0 Å². The molecule has 0 aliphatic carbocycles. The second kappa shape index (κ2) is 8.78. The summed E-state index contributed by atoms with van der Waals surface area (Å²) in [6, 6.07) is 2.64. The van der Waals surface area contributed by atoms with Gasteiger partial charge in [-0.3, -0.25) is 14.4 Å². The van der Waals surface area contributed by atoms with Crippen LogP contribution in [-0.4, -0.2) is 84.5 Å². The fraction of sp³-hybridized carbons (Fsp3) is 0.778. The zero-order valence-electron chi connectivity index (χ0n) is 15.5. The standard InChI is InChI=1S/C18H31N5O2/c1-3-15-14-22(10-9-21(15)11-12-25-2)18(24)17-6-8-23(20-17)16-5-4-7-19-13-16/h6,8,15-16,19H,3-5,7,9-14H2,1-2H3. The normalized spacial score (nSPS) is 25.3. The lowest BCUT2D eigenvalue weighted by Gasteiger charge is -2.40. The van der Waals surface area contributed by atoms with Crippen LogP contribution in [0.2, 0.25) is 0 Å². The van der Waals surface area contributed by atoms with Gasteiger partial charge in [-0.05, 0) is 31.9 Å². The highest BCUT2D eigenvalue weighted by molar-refractivity contribution is 5.92. The second-order valence-corrected chi connectivity index (χ2v) is 7.02. The quantitative estimate of drug-likeness (QED) is 0.830. The highest BCUT2D eigenvalue weighted by Gasteiger charge is 2.30. The highest BCUT2D eigenvalue weighted by Crippen LogP contribution is 2.18. The Hall–Kier alpha value is -1.44. The fourth-order valence-corrected chi connectivity index (χ4v) is 3.84. The number of nitrogens with zero attached hydrogens (tertiary/aromatic N) is 4. The molecule has 3 heterocycles. The molecule has 2 fully saturated rings. The van der Waals surface area contributed by atoms with Crippen LogP contribution in [0.4, 0.5) is 0 Å². The molecule has 0 bridgehead atoms. The van der Waals surface area contributed by atoms with E-state index in [4.69, 9.17) is 4.74 Å². The number of aromatic nitrogens is 2. The van der Waals surface area contributed by atoms with Crippen LogP contribution < -0.4 is 5.32 Å². The summed E-state index contributed by atoms with van der Waals surface area (Å²) in [6.07, 6.45) is 5.28. The first-order valence-electron chi connectivity index (χ1n) is 9.51. The third-order valence-electron chi connectivity index (χ3n) is 5.42. The number of rotatable bonds is 6. The lowest BCUT2D eigenvalue weighted by Crippen LogP contribution is -2.55. The average Bonchev–Trinajstić information content (AvgIpc) is 3.16. The molecule has 1 aromatic heterocycles. The Labute approximate surface area is 150 Å². The van der Waals surface area contributed by atoms with Crippen molar-refractivity contribution >= 4 is 5.91 Å². The fourth-order valence-electron chi connectivity index (χ4n) is 3.84. The van der Waals surface area contributed by atoms with Gasteiger partial charge in [-0.15, -0.1) is 0 Å². The largest absolute Gasteiger partial charge is 0.383 e. The van der Waals surface area contributed by atoms with Gasteiger partial charge < -0.3 is 15.0 Å². The molecule has 7 nitrogen and oxygen atoms in total. The van der Waals surface area contributed by atoms with Gasteiger partial charge in [-0.25, -0.2) is 0 Å². The van der Waals surface area contributed by atoms with Gasteiger partial charge >= 0.3 is 0 Å². The van der Waals surface area contributed by atoms with Gasteiger partial charge in [-0.2, -0.15) is 5.10 Å². The van der Waals surface area contributed by atoms with Crippen molar-refractivity contribution in [2.75, 3.05) is 53.0 Å². The van der Waals surface area contributed by atoms with Gasteiger partial charge in [0, 0.05) is 52.1 Å². The Balaban J connectivity index is 1.60. The minimum absolute atomic E-state index is 0.0624. The molecular weight excluding hydrogens is 318 g/mol. The van der Waals surface area contributed by atoms with Crippen molar-refractivity contribution in [2.24, 2.45) is 0 Å². The number of hydrogen-bond acceptors (Lipinski definition) is 5. The maximum absolute atomic E-state index is 12.9. The number of hydrogen-bond donors (Lipinski definition) is 1. The molecule has 2 atom stereocenters. The van der Waals surface area contributed by atoms with E-state index in [1.807, 2.05) is 21.8 Å². The molecule has 0 saturated carbocycles. The molecule has 25 heavy (non-hydrogen) atoms. The first-order chi connectivity index (χ1) is 12.2. The van der Waals surface area contributed by atoms with Gasteiger partial charge in [0.05, 0.1) is 12.6 Å². The Bertz CT molecular complexity index is 555. The zero-order valence-corrected chi connectivity index (χ0v) is 15.5. The molecule has 7 heteroatoms. The monoisotopic (exact) mass is 349 g/mol. The van der Waals surface area contributed by atoms with Crippen molar-refractivity contribution in [3.63, 3.8) is 0 Å². The number of amides is 1. The minimum Gasteiger partial charge on any atom is -0.383 e. The number of ether oxygens (including phenoxy) is 1. The lowest BCUT2D eigenvalue weighted by molar-refractivity contribution is 0.0380. The maximum Gasteiger partial charge on any atom is 0.274 e. The Morgan fingerprint density at radius 1 is 1.44 bits per heavy atom. The third kappa shape index (κ3) is 4.40. The van der Waals surface area contributed by atoms with Crippen LogP contribution in [0.15, 0.2) is 12.3 Å². The van der Waals surface area contributed by atoms with Crippen LogP contribution in [0.5, 0.6) is 0 Å². The van der Waals surface area contributed by atoms with Crippen LogP contribution in [0.3, 0.4) is 0 Å². The summed E-state index contributed by atoms with van der Waals surface area (Å²) in [5.41, 5.74) is 0.575. The summed E-state index contributed by atoms with van der Waals surface area (Å²) in [4.78, 5) is 17.3. The van der Waals surface area contributed by atoms with E-state index in [2.05, 4.69) is 22.2 Å². The molecule has 1 aromatic rings. The van der Waals surface area contributed by atoms with Gasteiger partial charge in [0.2, 0.25) is 0 Å². The van der Waals surface area contributed by atoms with Crippen molar-refractivity contribution in [3.05, 3.63) is 18.0 Å². The van der Waals surface area contributed by atoms with E-state index in [-0.39, 0.29) is 5.91 Å². The third-order valence-corrected chi connectivity index (χ3v) is 5.42. The Morgan fingerprint density at radius 2 is 2.32 bits per heavy atom. The van der Waals surface area contributed by atoms with Gasteiger partial charge in [0.15, 0.2) is 0 Å². The van der Waals surface area contributed by atoms with E-state index >= 15 is 0 Å². The number of nitrogens with one attached hydrogen (secondary N) is 1. The van der Waals surface area contributed by atoms with Crippen molar-refractivity contribution in [3.8, 4) is 0 Å². The van der Waals surface area contributed by atoms with Crippen molar-refractivity contribution in [1.29, 1.82) is 0 Å². The molecule has 0 radical (unpaired) electrons. The summed E-state index contributed by atoms with van der Waals surface area (Å²) in [6.45, 7) is 8.31. The van der Waals surface area contributed by atoms with E-state index in [1.54, 1.807) is 7.11 Å². The summed E-state index contributed by atoms with van der Waals surface area (Å²) in [5.74, 6) is 0.0624. The molecule has 140 valence electrons. The molecule has 2 unspecified atom stereocenters. The second-order valence-electron chi connectivity index (χ2n) is 7.02. The van der Waals surface area contributed by atoms with Crippen LogP contribution in [-0.2, 0) is 4.74 Å². The molecular formula is C18H31N5O2.